The maximum absolute atomic E-state index is 13.8. The van der Waals surface area contributed by atoms with Gasteiger partial charge in [0.25, 0.3) is 11.5 Å². The molecule has 38 heavy (non-hydrogen) atoms. The zero-order valence-corrected chi connectivity index (χ0v) is 22.8. The first-order valence-electron chi connectivity index (χ1n) is 12.3. The molecule has 1 N–H and O–H groups in total. The van der Waals surface area contributed by atoms with E-state index in [9.17, 15) is 14.9 Å². The molecule has 0 fully saturated rings. The van der Waals surface area contributed by atoms with Gasteiger partial charge in [0, 0.05) is 11.3 Å². The quantitative estimate of drug-likeness (QED) is 0.395. The fourth-order valence-corrected chi connectivity index (χ4v) is 4.97. The molecule has 0 saturated carbocycles. The summed E-state index contributed by atoms with van der Waals surface area (Å²) in [6.07, 6.45) is 1.71. The number of hydrogen-bond acceptors (Lipinski definition) is 5. The molecule has 0 saturated heterocycles. The van der Waals surface area contributed by atoms with Gasteiger partial charge in [-0.05, 0) is 82.2 Å². The van der Waals surface area contributed by atoms with Gasteiger partial charge < -0.3 is 10.1 Å². The van der Waals surface area contributed by atoms with E-state index in [-0.39, 0.29) is 21.9 Å². The number of aryl methyl sites for hydroxylation is 3. The molecule has 0 unspecified atom stereocenters. The average molecular weight is 524 g/mol. The van der Waals surface area contributed by atoms with Crippen LogP contribution in [0.15, 0.2) is 71.5 Å². The monoisotopic (exact) mass is 523 g/mol. The predicted octanol–water partition coefficient (Wildman–Crippen LogP) is 4.75. The number of para-hydroxylation sites is 1. The molecule has 4 aromatic rings. The normalized spacial score (nSPS) is 12.3. The number of amides is 1. The van der Waals surface area contributed by atoms with Crippen molar-refractivity contribution in [1.82, 2.24) is 4.57 Å². The van der Waals surface area contributed by atoms with Crippen LogP contribution >= 0.6 is 11.3 Å². The van der Waals surface area contributed by atoms with Crippen molar-refractivity contribution < 1.29 is 9.53 Å². The second kappa shape index (κ2) is 11.3. The Morgan fingerprint density at radius 3 is 2.39 bits per heavy atom. The highest BCUT2D eigenvalue weighted by atomic mass is 32.1. The van der Waals surface area contributed by atoms with Crippen molar-refractivity contribution in [2.75, 3.05) is 5.32 Å². The topological polar surface area (TPSA) is 84.1 Å². The highest BCUT2D eigenvalue weighted by Crippen LogP contribution is 2.20. The molecule has 0 radical (unpaired) electrons. The van der Waals surface area contributed by atoms with Crippen molar-refractivity contribution in [2.45, 2.75) is 40.7 Å². The number of aromatic nitrogens is 1. The van der Waals surface area contributed by atoms with E-state index in [1.807, 2.05) is 95.3 Å². The van der Waals surface area contributed by atoms with Gasteiger partial charge in [0.1, 0.15) is 16.5 Å². The van der Waals surface area contributed by atoms with Gasteiger partial charge in [-0.3, -0.25) is 14.2 Å². The van der Waals surface area contributed by atoms with Crippen LogP contribution in [-0.4, -0.2) is 16.6 Å². The van der Waals surface area contributed by atoms with E-state index in [4.69, 9.17) is 4.74 Å². The average Bonchev–Trinajstić information content (AvgIpc) is 3.19. The summed E-state index contributed by atoms with van der Waals surface area (Å²) in [5.74, 6) is 0.0708. The first-order chi connectivity index (χ1) is 18.2. The zero-order valence-electron chi connectivity index (χ0n) is 22.0. The van der Waals surface area contributed by atoms with Crippen molar-refractivity contribution >= 4 is 34.6 Å². The Bertz CT molecular complexity index is 1720. The molecular formula is C31H29N3O3S. The molecule has 7 heteroatoms. The summed E-state index contributed by atoms with van der Waals surface area (Å²) < 4.78 is 8.03. The van der Waals surface area contributed by atoms with Crippen LogP contribution in [0.3, 0.4) is 0 Å². The summed E-state index contributed by atoms with van der Waals surface area (Å²) in [4.78, 5) is 27.1. The minimum atomic E-state index is -0.578. The molecule has 4 rings (SSSR count). The summed E-state index contributed by atoms with van der Waals surface area (Å²) in [7, 11) is 0. The molecule has 0 aliphatic carbocycles. The highest BCUT2D eigenvalue weighted by Gasteiger charge is 2.18. The van der Waals surface area contributed by atoms with E-state index in [1.165, 1.54) is 4.57 Å². The van der Waals surface area contributed by atoms with Crippen LogP contribution in [0.4, 0.5) is 5.69 Å². The lowest BCUT2D eigenvalue weighted by Crippen LogP contribution is -2.32. The maximum atomic E-state index is 13.8. The van der Waals surface area contributed by atoms with Crippen LogP contribution in [0.5, 0.6) is 5.75 Å². The first-order valence-corrected chi connectivity index (χ1v) is 13.1. The van der Waals surface area contributed by atoms with Crippen molar-refractivity contribution in [3.63, 3.8) is 0 Å². The van der Waals surface area contributed by atoms with E-state index in [1.54, 1.807) is 18.2 Å². The van der Waals surface area contributed by atoms with Gasteiger partial charge in [-0.25, -0.2) is 0 Å². The van der Waals surface area contributed by atoms with E-state index < -0.39 is 5.91 Å². The van der Waals surface area contributed by atoms with Crippen molar-refractivity contribution in [3.8, 4) is 17.5 Å². The van der Waals surface area contributed by atoms with E-state index in [0.29, 0.717) is 21.7 Å². The molecule has 0 bridgehead atoms. The summed E-state index contributed by atoms with van der Waals surface area (Å²) in [6.45, 7) is 9.78. The van der Waals surface area contributed by atoms with Crippen LogP contribution in [0, 0.1) is 32.1 Å². The first kappa shape index (κ1) is 26.6. The molecule has 3 aromatic carbocycles. The standard InChI is InChI=1S/C31H29N3O3S/c1-19(2)37-27-9-7-6-8-23(27)17-28-30(36)34(25-15-12-21(4)22(5)16-25)31(38-28)26(18-32)29(35)33-24-13-10-20(3)11-14-24/h6-17,19H,1-5H3,(H,33,35)/b28-17-,31-26+. The Kier molecular flexibility index (Phi) is 7.94. The molecular weight excluding hydrogens is 494 g/mol. The number of anilines is 1. The second-order valence-corrected chi connectivity index (χ2v) is 10.4. The minimum absolute atomic E-state index is 0.0420. The molecule has 0 spiro atoms. The maximum Gasteiger partial charge on any atom is 0.273 e. The largest absolute Gasteiger partial charge is 0.490 e. The second-order valence-electron chi connectivity index (χ2n) is 9.34. The number of carbonyl (C=O) groups excluding carboxylic acids is 1. The predicted molar refractivity (Wildman–Crippen MR) is 153 cm³/mol. The van der Waals surface area contributed by atoms with Crippen LogP contribution in [0.2, 0.25) is 0 Å². The third kappa shape index (κ3) is 5.77. The lowest BCUT2D eigenvalue weighted by atomic mass is 10.1. The summed E-state index contributed by atoms with van der Waals surface area (Å²) >= 11 is 1.11. The molecule has 0 atom stereocenters. The Morgan fingerprint density at radius 2 is 1.74 bits per heavy atom. The molecule has 1 amide bonds. The molecule has 0 aliphatic rings. The summed E-state index contributed by atoms with van der Waals surface area (Å²) in [5.41, 5.74) is 4.56. The fourth-order valence-electron chi connectivity index (χ4n) is 3.88. The SMILES string of the molecule is Cc1ccc(NC(=O)/C(C#N)=c2/s/c(=C\c3ccccc3OC(C)C)c(=O)n2-c2ccc(C)c(C)c2)cc1. The number of benzene rings is 3. The molecule has 0 aliphatic heterocycles. The minimum Gasteiger partial charge on any atom is -0.490 e. The third-order valence-electron chi connectivity index (χ3n) is 6.00. The number of nitrogens with one attached hydrogen (secondary N) is 1. The van der Waals surface area contributed by atoms with Crippen molar-refractivity contribution in [2.24, 2.45) is 0 Å². The zero-order chi connectivity index (χ0) is 27.4. The number of rotatable bonds is 6. The highest BCUT2D eigenvalue weighted by molar-refractivity contribution is 7.07. The van der Waals surface area contributed by atoms with Crippen LogP contribution < -0.4 is 24.8 Å². The van der Waals surface area contributed by atoms with E-state index >= 15 is 0 Å². The Hall–Kier alpha value is -4.41. The summed E-state index contributed by atoms with van der Waals surface area (Å²) in [5, 5.41) is 12.9. The van der Waals surface area contributed by atoms with Crippen LogP contribution in [-0.2, 0) is 4.79 Å². The van der Waals surface area contributed by atoms with Gasteiger partial charge in [0.05, 0.1) is 16.3 Å². The molecule has 192 valence electrons. The lowest BCUT2D eigenvalue weighted by molar-refractivity contribution is -0.111. The lowest BCUT2D eigenvalue weighted by Gasteiger charge is -2.11. The van der Waals surface area contributed by atoms with Crippen molar-refractivity contribution in [3.05, 3.63) is 109 Å². The molecule has 1 aromatic heterocycles. The van der Waals surface area contributed by atoms with Gasteiger partial charge in [-0.15, -0.1) is 11.3 Å². The Morgan fingerprint density at radius 1 is 1.03 bits per heavy atom. The third-order valence-corrected chi connectivity index (χ3v) is 7.10. The van der Waals surface area contributed by atoms with Crippen molar-refractivity contribution in [1.29, 1.82) is 5.26 Å². The Labute approximate surface area is 225 Å². The number of nitrogens with zero attached hydrogens (tertiary/aromatic N) is 2. The van der Waals surface area contributed by atoms with Gasteiger partial charge >= 0.3 is 0 Å². The number of carbonyl (C=O) groups is 1. The number of thiazole rings is 1. The van der Waals surface area contributed by atoms with E-state index in [0.717, 1.165) is 33.6 Å². The van der Waals surface area contributed by atoms with Gasteiger partial charge in [-0.2, -0.15) is 5.26 Å². The number of nitriles is 1. The molecule has 1 heterocycles. The Balaban J connectivity index is 1.98. The van der Waals surface area contributed by atoms with Crippen LogP contribution in [0.1, 0.15) is 36.1 Å². The number of hydrogen-bond donors (Lipinski definition) is 1. The smallest absolute Gasteiger partial charge is 0.273 e. The van der Waals surface area contributed by atoms with Gasteiger partial charge in [0.15, 0.2) is 5.57 Å². The van der Waals surface area contributed by atoms with E-state index in [2.05, 4.69) is 5.32 Å². The van der Waals surface area contributed by atoms with Gasteiger partial charge in [0.2, 0.25) is 0 Å². The van der Waals surface area contributed by atoms with Gasteiger partial charge in [-0.1, -0.05) is 42.0 Å². The fraction of sp³-hybridized carbons (Fsp3) is 0.194. The summed E-state index contributed by atoms with van der Waals surface area (Å²) in [6, 6.07) is 22.5. The number of ether oxygens (including phenoxy) is 1. The van der Waals surface area contributed by atoms with Crippen LogP contribution in [0.25, 0.3) is 17.3 Å². The molecule has 6 nitrogen and oxygen atoms in total.